The number of rotatable bonds is 5. The predicted octanol–water partition coefficient (Wildman–Crippen LogP) is -0.387. The molecule has 134 valence electrons. The zero-order valence-electron chi connectivity index (χ0n) is 13.4. The Morgan fingerprint density at radius 1 is 1.17 bits per heavy atom. The Bertz CT molecular complexity index is 586. The highest BCUT2D eigenvalue weighted by molar-refractivity contribution is 5.61. The van der Waals surface area contributed by atoms with Crippen LogP contribution in [0.3, 0.4) is 0 Å². The van der Waals surface area contributed by atoms with Gasteiger partial charge in [0.05, 0.1) is 13.7 Å². The van der Waals surface area contributed by atoms with E-state index in [1.807, 2.05) is 0 Å². The van der Waals surface area contributed by atoms with Crippen LogP contribution in [0.15, 0.2) is 18.2 Å². The number of methoxy groups -OCH3 is 1. The highest BCUT2D eigenvalue weighted by Gasteiger charge is 2.45. The molecule has 1 heterocycles. The molecule has 0 amide bonds. The topological polar surface area (TPSA) is 129 Å². The lowest BCUT2D eigenvalue weighted by Crippen LogP contribution is -2.60. The van der Waals surface area contributed by atoms with Crippen molar-refractivity contribution >= 4 is 6.08 Å². The Morgan fingerprint density at radius 3 is 2.46 bits per heavy atom. The quantitative estimate of drug-likeness (QED) is 0.489. The van der Waals surface area contributed by atoms with E-state index in [1.165, 1.54) is 13.2 Å². The molecule has 5 N–H and O–H groups in total. The summed E-state index contributed by atoms with van der Waals surface area (Å²) in [4.78, 5) is 0. The first kappa shape index (κ1) is 18.5. The first-order valence-electron chi connectivity index (χ1n) is 7.43. The van der Waals surface area contributed by atoms with Gasteiger partial charge in [-0.2, -0.15) is 0 Å². The maximum Gasteiger partial charge on any atom is 0.229 e. The Labute approximate surface area is 139 Å². The van der Waals surface area contributed by atoms with Crippen molar-refractivity contribution in [3.05, 3.63) is 23.8 Å². The Balaban J connectivity index is 2.31. The molecule has 1 aliphatic rings. The van der Waals surface area contributed by atoms with Crippen LogP contribution in [-0.4, -0.2) is 70.0 Å². The fourth-order valence-corrected chi connectivity index (χ4v) is 2.48. The normalized spacial score (nSPS) is 30.5. The summed E-state index contributed by atoms with van der Waals surface area (Å²) >= 11 is 0. The molecule has 24 heavy (non-hydrogen) atoms. The first-order chi connectivity index (χ1) is 11.4. The smallest absolute Gasteiger partial charge is 0.229 e. The van der Waals surface area contributed by atoms with Gasteiger partial charge in [-0.05, 0) is 24.6 Å². The SMILES string of the molecule is C/C=C/c1cc(O)c(OC)c(O[C@@H]2O[C@H](CO)[C@@H](O)[C@H](O)[C@H]2O)c1. The van der Waals surface area contributed by atoms with Crippen LogP contribution in [0.2, 0.25) is 0 Å². The van der Waals surface area contributed by atoms with Gasteiger partial charge in [-0.1, -0.05) is 12.2 Å². The fourth-order valence-electron chi connectivity index (χ4n) is 2.48. The van der Waals surface area contributed by atoms with E-state index in [9.17, 15) is 25.5 Å². The number of allylic oxidation sites excluding steroid dienone is 1. The Morgan fingerprint density at radius 2 is 1.88 bits per heavy atom. The van der Waals surface area contributed by atoms with E-state index in [1.54, 1.807) is 25.1 Å². The fraction of sp³-hybridized carbons (Fsp3) is 0.500. The van der Waals surface area contributed by atoms with E-state index in [4.69, 9.17) is 14.2 Å². The van der Waals surface area contributed by atoms with Crippen LogP contribution >= 0.6 is 0 Å². The van der Waals surface area contributed by atoms with Crippen molar-refractivity contribution in [2.24, 2.45) is 0 Å². The molecule has 0 aromatic heterocycles. The average Bonchev–Trinajstić information content (AvgIpc) is 2.55. The number of aliphatic hydroxyl groups excluding tert-OH is 4. The molecule has 0 saturated carbocycles. The molecule has 0 radical (unpaired) electrons. The summed E-state index contributed by atoms with van der Waals surface area (Å²) in [5, 5.41) is 48.8. The summed E-state index contributed by atoms with van der Waals surface area (Å²) in [6.07, 6.45) is -3.56. The van der Waals surface area contributed by atoms with Crippen LogP contribution in [-0.2, 0) is 4.74 Å². The van der Waals surface area contributed by atoms with Crippen LogP contribution in [0.5, 0.6) is 17.2 Å². The Hall–Kier alpha value is -1.84. The summed E-state index contributed by atoms with van der Waals surface area (Å²) in [6, 6.07) is 3.03. The van der Waals surface area contributed by atoms with Crippen molar-refractivity contribution in [3.8, 4) is 17.2 Å². The van der Waals surface area contributed by atoms with Gasteiger partial charge in [0.15, 0.2) is 11.5 Å². The predicted molar refractivity (Wildman–Crippen MR) is 83.8 cm³/mol. The number of hydrogen-bond acceptors (Lipinski definition) is 8. The summed E-state index contributed by atoms with van der Waals surface area (Å²) in [6.45, 7) is 1.24. The van der Waals surface area contributed by atoms with Crippen molar-refractivity contribution in [1.29, 1.82) is 0 Å². The lowest BCUT2D eigenvalue weighted by molar-refractivity contribution is -0.277. The van der Waals surface area contributed by atoms with E-state index in [0.717, 1.165) is 0 Å². The van der Waals surface area contributed by atoms with Gasteiger partial charge in [-0.25, -0.2) is 0 Å². The minimum absolute atomic E-state index is 0.0280. The van der Waals surface area contributed by atoms with E-state index in [-0.39, 0.29) is 17.2 Å². The molecule has 1 aliphatic heterocycles. The third kappa shape index (κ3) is 3.63. The van der Waals surface area contributed by atoms with Crippen LogP contribution in [0.25, 0.3) is 6.08 Å². The Kier molecular flexibility index (Phi) is 6.03. The van der Waals surface area contributed by atoms with E-state index < -0.39 is 37.3 Å². The van der Waals surface area contributed by atoms with Crippen molar-refractivity contribution in [3.63, 3.8) is 0 Å². The van der Waals surface area contributed by atoms with Gasteiger partial charge < -0.3 is 39.7 Å². The van der Waals surface area contributed by atoms with E-state index in [2.05, 4.69) is 0 Å². The number of aliphatic hydroxyl groups is 4. The number of hydrogen-bond donors (Lipinski definition) is 5. The number of ether oxygens (including phenoxy) is 3. The first-order valence-corrected chi connectivity index (χ1v) is 7.43. The van der Waals surface area contributed by atoms with Gasteiger partial charge in [0.2, 0.25) is 12.0 Å². The average molecular weight is 342 g/mol. The van der Waals surface area contributed by atoms with Gasteiger partial charge in [0.1, 0.15) is 24.4 Å². The molecule has 1 aromatic rings. The summed E-state index contributed by atoms with van der Waals surface area (Å²) < 4.78 is 15.9. The zero-order valence-corrected chi connectivity index (χ0v) is 13.4. The number of phenols is 1. The zero-order chi connectivity index (χ0) is 17.9. The third-order valence-corrected chi connectivity index (χ3v) is 3.71. The lowest BCUT2D eigenvalue weighted by atomic mass is 9.99. The minimum Gasteiger partial charge on any atom is -0.504 e. The summed E-state index contributed by atoms with van der Waals surface area (Å²) in [7, 11) is 1.34. The van der Waals surface area contributed by atoms with Crippen LogP contribution in [0, 0.1) is 0 Å². The monoisotopic (exact) mass is 342 g/mol. The van der Waals surface area contributed by atoms with Gasteiger partial charge in [-0.3, -0.25) is 0 Å². The molecule has 0 aliphatic carbocycles. The van der Waals surface area contributed by atoms with Crippen LogP contribution in [0.1, 0.15) is 12.5 Å². The second kappa shape index (κ2) is 7.82. The standard InChI is InChI=1S/C16H22O8/c1-3-4-8-5-9(18)15(22-2)10(6-8)23-16-14(21)13(20)12(19)11(7-17)24-16/h3-6,11-14,16-21H,7H2,1-2H3/b4-3+/t11-,12-,13+,14-,16-/m1/s1. The van der Waals surface area contributed by atoms with Gasteiger partial charge in [0, 0.05) is 0 Å². The molecule has 0 bridgehead atoms. The highest BCUT2D eigenvalue weighted by Crippen LogP contribution is 2.39. The molecule has 0 unspecified atom stereocenters. The molecule has 8 nitrogen and oxygen atoms in total. The molecule has 1 aromatic carbocycles. The second-order valence-electron chi connectivity index (χ2n) is 5.39. The number of aromatic hydroxyl groups is 1. The molecular weight excluding hydrogens is 320 g/mol. The molecule has 0 spiro atoms. The molecule has 2 rings (SSSR count). The maximum atomic E-state index is 10.0. The van der Waals surface area contributed by atoms with Crippen molar-refractivity contribution < 1.29 is 39.7 Å². The molecule has 1 fully saturated rings. The highest BCUT2D eigenvalue weighted by atomic mass is 16.7. The van der Waals surface area contributed by atoms with Crippen molar-refractivity contribution in [2.45, 2.75) is 37.6 Å². The maximum absolute atomic E-state index is 10.0. The van der Waals surface area contributed by atoms with Gasteiger partial charge in [-0.15, -0.1) is 0 Å². The van der Waals surface area contributed by atoms with Crippen LogP contribution in [0.4, 0.5) is 0 Å². The summed E-state index contributed by atoms with van der Waals surface area (Å²) in [5.41, 5.74) is 0.621. The second-order valence-corrected chi connectivity index (χ2v) is 5.39. The largest absolute Gasteiger partial charge is 0.504 e. The third-order valence-electron chi connectivity index (χ3n) is 3.71. The van der Waals surface area contributed by atoms with Crippen molar-refractivity contribution in [2.75, 3.05) is 13.7 Å². The molecule has 1 saturated heterocycles. The molecular formula is C16H22O8. The van der Waals surface area contributed by atoms with Crippen LogP contribution < -0.4 is 9.47 Å². The summed E-state index contributed by atoms with van der Waals surface area (Å²) in [5.74, 6) is -0.0668. The number of benzene rings is 1. The molecule has 5 atom stereocenters. The van der Waals surface area contributed by atoms with Gasteiger partial charge in [0.25, 0.3) is 0 Å². The van der Waals surface area contributed by atoms with Gasteiger partial charge >= 0.3 is 0 Å². The van der Waals surface area contributed by atoms with E-state index >= 15 is 0 Å². The lowest BCUT2D eigenvalue weighted by Gasteiger charge is -2.39. The van der Waals surface area contributed by atoms with Crippen molar-refractivity contribution in [1.82, 2.24) is 0 Å². The molecule has 8 heteroatoms. The minimum atomic E-state index is -1.56. The van der Waals surface area contributed by atoms with E-state index in [0.29, 0.717) is 5.56 Å². The number of phenolic OH excluding ortho intramolecular Hbond substituents is 1.